The molecule has 2 aromatic rings. The molecule has 0 bridgehead atoms. The fraction of sp³-hybridized carbons (Fsp3) is 0.478. The number of pyridine rings is 1. The van der Waals surface area contributed by atoms with Crippen molar-refractivity contribution in [1.29, 1.82) is 0 Å². The van der Waals surface area contributed by atoms with Gasteiger partial charge in [-0.2, -0.15) is 8.78 Å². The maximum atomic E-state index is 13.3. The number of carbonyl (C=O) groups is 1. The fourth-order valence-electron chi connectivity index (χ4n) is 4.81. The van der Waals surface area contributed by atoms with Crippen molar-refractivity contribution in [2.24, 2.45) is 0 Å². The summed E-state index contributed by atoms with van der Waals surface area (Å²) >= 11 is 0. The zero-order valence-corrected chi connectivity index (χ0v) is 18.6. The first-order chi connectivity index (χ1) is 15.6. The molecule has 1 aromatic heterocycles. The zero-order valence-electron chi connectivity index (χ0n) is 18.6. The monoisotopic (exact) mass is 464 g/mol. The number of aromatic nitrogens is 1. The number of carboxylic acid groups (broad SMARTS) is 1. The fourth-order valence-corrected chi connectivity index (χ4v) is 4.81. The number of halogens is 2. The number of hydrogen-bond donors (Lipinski definition) is 1. The van der Waals surface area contributed by atoms with E-state index in [9.17, 15) is 23.5 Å². The molecule has 2 atom stereocenters. The van der Waals surface area contributed by atoms with Gasteiger partial charge in [0.05, 0.1) is 30.0 Å². The van der Waals surface area contributed by atoms with Crippen LogP contribution in [-0.4, -0.2) is 54.3 Å². The molecule has 2 aliphatic rings. The van der Waals surface area contributed by atoms with Gasteiger partial charge in [0.15, 0.2) is 5.43 Å². The lowest BCUT2D eigenvalue weighted by Gasteiger charge is -2.44. The Morgan fingerprint density at radius 2 is 2.03 bits per heavy atom. The molecule has 0 aliphatic carbocycles. The highest BCUT2D eigenvalue weighted by atomic mass is 19.3. The highest BCUT2D eigenvalue weighted by molar-refractivity contribution is 5.88. The van der Waals surface area contributed by atoms with E-state index in [-0.39, 0.29) is 6.42 Å². The van der Waals surface area contributed by atoms with Gasteiger partial charge >= 0.3 is 12.6 Å². The molecular weight excluding hydrogens is 438 g/mol. The summed E-state index contributed by atoms with van der Waals surface area (Å²) in [5.41, 5.74) is 0.0982. The third-order valence-electron chi connectivity index (χ3n) is 6.09. The molecule has 8 nitrogen and oxygen atoms in total. The molecule has 0 radical (unpaired) electrons. The van der Waals surface area contributed by atoms with Gasteiger partial charge in [-0.05, 0) is 37.6 Å². The third kappa shape index (κ3) is 4.20. The van der Waals surface area contributed by atoms with E-state index in [0.717, 1.165) is 0 Å². The minimum Gasteiger partial charge on any atom is -0.493 e. The van der Waals surface area contributed by atoms with Crippen LogP contribution >= 0.6 is 0 Å². The van der Waals surface area contributed by atoms with Crippen molar-refractivity contribution < 1.29 is 32.9 Å². The van der Waals surface area contributed by atoms with Crippen molar-refractivity contribution in [3.8, 4) is 17.0 Å². The number of rotatable bonds is 8. The Morgan fingerprint density at radius 1 is 1.27 bits per heavy atom. The average molecular weight is 464 g/mol. The second-order valence-corrected chi connectivity index (χ2v) is 8.77. The van der Waals surface area contributed by atoms with Crippen LogP contribution in [0.1, 0.15) is 48.7 Å². The first kappa shape index (κ1) is 23.2. The Labute approximate surface area is 189 Å². The number of carboxylic acids is 1. The highest BCUT2D eigenvalue weighted by Gasteiger charge is 2.52. The molecule has 4 rings (SSSR count). The van der Waals surface area contributed by atoms with Gasteiger partial charge in [0, 0.05) is 44.4 Å². The molecule has 10 heteroatoms. The Bertz CT molecular complexity index is 1120. The molecule has 2 unspecified atom stereocenters. The maximum Gasteiger partial charge on any atom is 0.345 e. The molecule has 3 heterocycles. The number of methoxy groups -OCH3 is 1. The van der Waals surface area contributed by atoms with Crippen molar-refractivity contribution in [3.05, 3.63) is 51.8 Å². The quantitative estimate of drug-likeness (QED) is 0.599. The molecular formula is C23H26F2N2O6. The molecule has 1 N–H and O–H groups in total. The summed E-state index contributed by atoms with van der Waals surface area (Å²) in [7, 11) is 1.60. The normalized spacial score (nSPS) is 20.4. The lowest BCUT2D eigenvalue weighted by Crippen LogP contribution is -2.50. The van der Waals surface area contributed by atoms with Gasteiger partial charge in [-0.1, -0.05) is 0 Å². The largest absolute Gasteiger partial charge is 0.493 e. The minimum atomic E-state index is -2.97. The predicted molar refractivity (Wildman–Crippen MR) is 116 cm³/mol. The van der Waals surface area contributed by atoms with Crippen molar-refractivity contribution in [2.45, 2.75) is 51.0 Å². The predicted octanol–water partition coefficient (Wildman–Crippen LogP) is 3.41. The number of aromatic carboxylic acids is 1. The number of benzene rings is 1. The van der Waals surface area contributed by atoms with Crippen LogP contribution < -0.4 is 15.2 Å². The van der Waals surface area contributed by atoms with Crippen molar-refractivity contribution in [1.82, 2.24) is 4.68 Å². The first-order valence-corrected chi connectivity index (χ1v) is 10.6. The molecule has 178 valence electrons. The second kappa shape index (κ2) is 8.75. The van der Waals surface area contributed by atoms with Gasteiger partial charge in [-0.15, -0.1) is 0 Å². The third-order valence-corrected chi connectivity index (χ3v) is 6.09. The number of ether oxygens (including phenoxy) is 3. The van der Waals surface area contributed by atoms with Gasteiger partial charge in [-0.25, -0.2) is 4.79 Å². The average Bonchev–Trinajstić information content (AvgIpc) is 3.00. The van der Waals surface area contributed by atoms with Crippen LogP contribution in [0.3, 0.4) is 0 Å². The van der Waals surface area contributed by atoms with E-state index in [4.69, 9.17) is 14.2 Å². The van der Waals surface area contributed by atoms with Gasteiger partial charge in [-0.3, -0.25) is 14.5 Å². The molecule has 0 amide bonds. The van der Waals surface area contributed by atoms with Crippen LogP contribution in [0.4, 0.5) is 8.78 Å². The summed E-state index contributed by atoms with van der Waals surface area (Å²) in [5, 5.41) is 11.3. The molecule has 1 fully saturated rings. The first-order valence-electron chi connectivity index (χ1n) is 10.6. The summed E-state index contributed by atoms with van der Waals surface area (Å²) in [6, 6.07) is 5.92. The molecule has 1 saturated heterocycles. The lowest BCUT2D eigenvalue weighted by molar-refractivity contribution is -0.165. The van der Waals surface area contributed by atoms with Crippen molar-refractivity contribution in [3.63, 3.8) is 0 Å². The number of nitrogens with zero attached hydrogens (tertiary/aromatic N) is 2. The molecule has 33 heavy (non-hydrogen) atoms. The summed E-state index contributed by atoms with van der Waals surface area (Å²) < 4.78 is 44.1. The molecule has 0 saturated carbocycles. The zero-order chi connectivity index (χ0) is 23.9. The molecule has 1 aromatic carbocycles. The Hall–Kier alpha value is -2.98. The number of alkyl halides is 2. The Balaban J connectivity index is 1.87. The van der Waals surface area contributed by atoms with Crippen LogP contribution in [0.2, 0.25) is 0 Å². The van der Waals surface area contributed by atoms with Crippen molar-refractivity contribution in [2.75, 3.05) is 25.3 Å². The van der Waals surface area contributed by atoms with E-state index in [2.05, 4.69) is 0 Å². The van der Waals surface area contributed by atoms with E-state index in [1.807, 2.05) is 18.9 Å². The van der Waals surface area contributed by atoms with E-state index < -0.39 is 41.3 Å². The summed E-state index contributed by atoms with van der Waals surface area (Å²) in [5.74, 6) is -0.793. The Morgan fingerprint density at radius 3 is 2.70 bits per heavy atom. The highest BCUT2D eigenvalue weighted by Crippen LogP contribution is 2.50. The van der Waals surface area contributed by atoms with Gasteiger partial charge < -0.3 is 19.3 Å². The van der Waals surface area contributed by atoms with Crippen LogP contribution in [0.5, 0.6) is 5.75 Å². The SMILES string of the molecule is COCCCOc1ccc2c(c1)C1C(OC(F)F)CC(C)(C)N1n1cc(C(=O)O)c(=O)cc1-2. The number of hydrogen-bond acceptors (Lipinski definition) is 6. The van der Waals surface area contributed by atoms with Crippen LogP contribution in [-0.2, 0) is 9.47 Å². The van der Waals surface area contributed by atoms with Crippen LogP contribution in [0.15, 0.2) is 35.3 Å². The smallest absolute Gasteiger partial charge is 0.345 e. The summed E-state index contributed by atoms with van der Waals surface area (Å²) in [6.07, 6.45) is 1.36. The van der Waals surface area contributed by atoms with E-state index in [0.29, 0.717) is 42.2 Å². The van der Waals surface area contributed by atoms with Crippen molar-refractivity contribution >= 4 is 5.97 Å². The maximum absolute atomic E-state index is 13.3. The van der Waals surface area contributed by atoms with E-state index in [1.165, 1.54) is 12.3 Å². The summed E-state index contributed by atoms with van der Waals surface area (Å²) in [4.78, 5) is 24.1. The van der Waals surface area contributed by atoms with E-state index in [1.54, 1.807) is 30.0 Å². The number of fused-ring (bicyclic) bond motifs is 6. The van der Waals surface area contributed by atoms with E-state index >= 15 is 0 Å². The Kier molecular flexibility index (Phi) is 6.15. The van der Waals surface area contributed by atoms with Gasteiger partial charge in [0.2, 0.25) is 0 Å². The lowest BCUT2D eigenvalue weighted by atomic mass is 9.92. The molecule has 0 spiro atoms. The standard InChI is InChI=1S/C23H26F2N2O6/c1-23(2)11-19(33-22(24)25)20-15-9-13(32-8-4-7-31-3)5-6-14(15)17-10-18(28)16(21(29)30)12-26(17)27(20)23/h5-6,9-10,12,19-20,22H,4,7-8,11H2,1-3H3,(H,29,30). The van der Waals surface area contributed by atoms with Gasteiger partial charge in [0.1, 0.15) is 11.3 Å². The molecule has 2 aliphatic heterocycles. The van der Waals surface area contributed by atoms with Crippen LogP contribution in [0, 0.1) is 0 Å². The minimum absolute atomic E-state index is 0.272. The topological polar surface area (TPSA) is 90.2 Å². The van der Waals surface area contributed by atoms with Crippen LogP contribution in [0.25, 0.3) is 11.3 Å². The summed E-state index contributed by atoms with van der Waals surface area (Å²) in [6.45, 7) is 1.73. The van der Waals surface area contributed by atoms with Gasteiger partial charge in [0.25, 0.3) is 0 Å². The second-order valence-electron chi connectivity index (χ2n) is 8.77.